The Morgan fingerprint density at radius 2 is 1.61 bits per heavy atom. The monoisotopic (exact) mass is 552 g/mol. The number of amides is 1. The normalized spacial score (nSPS) is 15.2. The van der Waals surface area contributed by atoms with Crippen molar-refractivity contribution in [2.45, 2.75) is 52.0 Å². The minimum absolute atomic E-state index is 0.0395. The van der Waals surface area contributed by atoms with Crippen molar-refractivity contribution in [3.63, 3.8) is 0 Å². The Bertz CT molecular complexity index is 1420. The molecule has 7 nitrogen and oxygen atoms in total. The third kappa shape index (κ3) is 6.85. The van der Waals surface area contributed by atoms with Crippen LogP contribution in [0.4, 0.5) is 5.69 Å². The van der Waals surface area contributed by atoms with Gasteiger partial charge >= 0.3 is 0 Å². The first-order valence-electron chi connectivity index (χ1n) is 14.8. The average molecular weight is 553 g/mol. The van der Waals surface area contributed by atoms with E-state index in [1.807, 2.05) is 37.3 Å². The molecule has 1 fully saturated rings. The van der Waals surface area contributed by atoms with Crippen LogP contribution in [-0.2, 0) is 4.79 Å². The number of nitrogens with zero attached hydrogens (tertiary/aromatic N) is 2. The molecule has 214 valence electrons. The maximum atomic E-state index is 13.7. The summed E-state index contributed by atoms with van der Waals surface area (Å²) < 4.78 is 5.73. The highest BCUT2D eigenvalue weighted by molar-refractivity contribution is 6.00. The summed E-state index contributed by atoms with van der Waals surface area (Å²) >= 11 is 0. The Hall–Kier alpha value is -3.97. The first-order valence-corrected chi connectivity index (χ1v) is 14.8. The van der Waals surface area contributed by atoms with Crippen molar-refractivity contribution in [3.05, 3.63) is 84.3 Å². The second-order valence-corrected chi connectivity index (χ2v) is 11.3. The smallest absolute Gasteiger partial charge is 0.266 e. The van der Waals surface area contributed by atoms with Crippen LogP contribution < -0.4 is 15.5 Å². The second kappa shape index (κ2) is 13.1. The van der Waals surface area contributed by atoms with Gasteiger partial charge in [-0.1, -0.05) is 75.7 Å². The van der Waals surface area contributed by atoms with E-state index in [-0.39, 0.29) is 23.5 Å². The van der Waals surface area contributed by atoms with Crippen LogP contribution in [0.15, 0.2) is 77.2 Å². The molecule has 2 unspecified atom stereocenters. The molecule has 0 bridgehead atoms. The number of hydrogen-bond acceptors (Lipinski definition) is 6. The number of piperazine rings is 1. The summed E-state index contributed by atoms with van der Waals surface area (Å²) in [6, 6.07) is 23.6. The molecule has 41 heavy (non-hydrogen) atoms. The van der Waals surface area contributed by atoms with Gasteiger partial charge in [0, 0.05) is 31.9 Å². The minimum atomic E-state index is -0.691. The molecule has 2 N–H and O–H groups in total. The summed E-state index contributed by atoms with van der Waals surface area (Å²) in [5, 5.41) is 6.45. The highest BCUT2D eigenvalue weighted by Crippen LogP contribution is 2.29. The van der Waals surface area contributed by atoms with E-state index in [9.17, 15) is 9.59 Å². The van der Waals surface area contributed by atoms with E-state index in [1.165, 1.54) is 5.69 Å². The summed E-state index contributed by atoms with van der Waals surface area (Å²) in [6.07, 6.45) is 1.94. The van der Waals surface area contributed by atoms with Gasteiger partial charge in [-0.05, 0) is 59.7 Å². The highest BCUT2D eigenvalue weighted by atomic mass is 16.4. The molecular formula is C34H40N4O3. The van der Waals surface area contributed by atoms with Gasteiger partial charge in [-0.2, -0.15) is 0 Å². The van der Waals surface area contributed by atoms with Crippen LogP contribution in [0.25, 0.3) is 22.2 Å². The van der Waals surface area contributed by atoms with Crippen LogP contribution in [0.5, 0.6) is 0 Å². The van der Waals surface area contributed by atoms with Crippen molar-refractivity contribution in [2.24, 2.45) is 5.92 Å². The number of carbonyl (C=O) groups excluding carboxylic acids is 2. The summed E-state index contributed by atoms with van der Waals surface area (Å²) in [5.41, 5.74) is 5.64. The molecule has 2 atom stereocenters. The fraction of sp³-hybridized carbons (Fsp3) is 0.382. The van der Waals surface area contributed by atoms with Crippen LogP contribution in [0.3, 0.4) is 0 Å². The minimum Gasteiger partial charge on any atom is -0.434 e. The Balaban J connectivity index is 1.31. The van der Waals surface area contributed by atoms with Crippen molar-refractivity contribution in [1.82, 2.24) is 15.6 Å². The lowest BCUT2D eigenvalue weighted by atomic mass is 9.88. The molecule has 4 aromatic rings. The molecule has 3 aromatic carbocycles. The molecule has 0 spiro atoms. The Morgan fingerprint density at radius 3 is 2.24 bits per heavy atom. The van der Waals surface area contributed by atoms with E-state index in [0.717, 1.165) is 49.3 Å². The molecule has 1 aliphatic rings. The zero-order valence-electron chi connectivity index (χ0n) is 24.2. The van der Waals surface area contributed by atoms with E-state index in [2.05, 4.69) is 70.8 Å². The van der Waals surface area contributed by atoms with Gasteiger partial charge in [0.05, 0.1) is 12.0 Å². The lowest BCUT2D eigenvalue weighted by Crippen LogP contribution is -2.43. The molecule has 0 saturated carbocycles. The molecule has 1 saturated heterocycles. The number of rotatable bonds is 11. The molecule has 1 aromatic heterocycles. The number of hydrogen-bond donors (Lipinski definition) is 2. The van der Waals surface area contributed by atoms with E-state index >= 15 is 0 Å². The average Bonchev–Trinajstić information content (AvgIpc) is 3.44. The maximum absolute atomic E-state index is 13.7. The first kappa shape index (κ1) is 28.6. The number of aromatic nitrogens is 1. The van der Waals surface area contributed by atoms with Gasteiger partial charge in [-0.15, -0.1) is 0 Å². The molecular weight excluding hydrogens is 512 g/mol. The van der Waals surface area contributed by atoms with Crippen LogP contribution in [0, 0.1) is 5.92 Å². The Kier molecular flexibility index (Phi) is 9.14. The van der Waals surface area contributed by atoms with Crippen LogP contribution >= 0.6 is 0 Å². The third-order valence-electron chi connectivity index (χ3n) is 7.73. The quantitative estimate of drug-likeness (QED) is 0.215. The number of anilines is 1. The lowest BCUT2D eigenvalue weighted by Gasteiger charge is -2.29. The molecule has 1 amide bonds. The summed E-state index contributed by atoms with van der Waals surface area (Å²) in [4.78, 5) is 33.8. The fourth-order valence-corrected chi connectivity index (χ4v) is 5.52. The molecule has 1 aliphatic heterocycles. The third-order valence-corrected chi connectivity index (χ3v) is 7.73. The number of carbonyl (C=O) groups is 2. The largest absolute Gasteiger partial charge is 0.434 e. The number of benzene rings is 3. The molecule has 7 heteroatoms. The van der Waals surface area contributed by atoms with Gasteiger partial charge in [0.2, 0.25) is 11.7 Å². The van der Waals surface area contributed by atoms with Gasteiger partial charge in [0.1, 0.15) is 5.52 Å². The van der Waals surface area contributed by atoms with Crippen molar-refractivity contribution < 1.29 is 14.0 Å². The maximum Gasteiger partial charge on any atom is 0.266 e. The molecule has 5 rings (SSSR count). The number of oxazole rings is 1. The zero-order valence-corrected chi connectivity index (χ0v) is 24.2. The Morgan fingerprint density at radius 1 is 0.951 bits per heavy atom. The predicted octanol–water partition coefficient (Wildman–Crippen LogP) is 6.20. The second-order valence-electron chi connectivity index (χ2n) is 11.3. The van der Waals surface area contributed by atoms with Gasteiger partial charge in [0.25, 0.3) is 5.89 Å². The van der Waals surface area contributed by atoms with Crippen molar-refractivity contribution in [1.29, 1.82) is 0 Å². The van der Waals surface area contributed by atoms with Gasteiger partial charge < -0.3 is 20.0 Å². The number of ketones is 1. The van der Waals surface area contributed by atoms with Crippen LogP contribution in [0.2, 0.25) is 0 Å². The van der Waals surface area contributed by atoms with E-state index < -0.39 is 6.04 Å². The summed E-state index contributed by atoms with van der Waals surface area (Å²) in [7, 11) is 0. The van der Waals surface area contributed by atoms with Gasteiger partial charge in [-0.3, -0.25) is 9.59 Å². The van der Waals surface area contributed by atoms with Gasteiger partial charge in [-0.25, -0.2) is 4.98 Å². The topological polar surface area (TPSA) is 87.5 Å². The summed E-state index contributed by atoms with van der Waals surface area (Å²) in [5.74, 6) is -0.457. The van der Waals surface area contributed by atoms with Crippen molar-refractivity contribution in [2.75, 3.05) is 31.1 Å². The fourth-order valence-electron chi connectivity index (χ4n) is 5.52. The number of para-hydroxylation sites is 2. The SMILES string of the molecule is CCCC(NC(=O)C(CC(C)C)c1ccc(-c2ccc(N3CCNCC3)cc2)cc1)C(=O)c1nc2ccccc2o1. The van der Waals surface area contributed by atoms with Crippen molar-refractivity contribution >= 4 is 28.5 Å². The zero-order chi connectivity index (χ0) is 28.8. The molecule has 2 heterocycles. The van der Waals surface area contributed by atoms with Crippen LogP contribution in [0.1, 0.15) is 62.2 Å². The Labute approximate surface area is 242 Å². The first-order chi connectivity index (χ1) is 19.9. The van der Waals surface area contributed by atoms with E-state index in [0.29, 0.717) is 29.9 Å². The summed E-state index contributed by atoms with van der Waals surface area (Å²) in [6.45, 7) is 10.3. The number of fused-ring (bicyclic) bond motifs is 1. The number of nitrogens with one attached hydrogen (secondary N) is 2. The molecule has 0 aliphatic carbocycles. The lowest BCUT2D eigenvalue weighted by molar-refractivity contribution is -0.123. The predicted molar refractivity (Wildman–Crippen MR) is 164 cm³/mol. The standard InChI is InChI=1S/C34H40N4O3/c1-4-7-30(32(39)34-37-29-8-5-6-9-31(29)41-34)36-33(40)28(22-23(2)3)26-12-10-24(11-13-26)25-14-16-27(17-15-25)38-20-18-35-19-21-38/h5-6,8-17,23,28,30,35H,4,7,18-22H2,1-3H3,(H,36,40). The van der Waals surface area contributed by atoms with E-state index in [1.54, 1.807) is 6.07 Å². The van der Waals surface area contributed by atoms with Crippen LogP contribution in [-0.4, -0.2) is 48.9 Å². The molecule has 0 radical (unpaired) electrons. The number of Topliss-reactive ketones (excluding diaryl/α,β-unsaturated/α-hetero) is 1. The van der Waals surface area contributed by atoms with Gasteiger partial charge in [0.15, 0.2) is 5.58 Å². The van der Waals surface area contributed by atoms with E-state index in [4.69, 9.17) is 4.42 Å². The highest BCUT2D eigenvalue weighted by Gasteiger charge is 2.30. The van der Waals surface area contributed by atoms with Crippen molar-refractivity contribution in [3.8, 4) is 11.1 Å².